The standard InChI is InChI=1S/C21H22ClN5O2/c1-13-3-2-4-14(9-13)18(25-17-7-5-16(22)6-8-17)11-19(23)26-21(29)15-10-20(28)27(24)12-15/h2-9,11,15,25H,10,12,24H2,1H3,(H2,23,26,29)/b18-11-/t15-/m1/s1. The summed E-state index contributed by atoms with van der Waals surface area (Å²) < 4.78 is 0. The van der Waals surface area contributed by atoms with Crippen LogP contribution in [0.1, 0.15) is 17.5 Å². The van der Waals surface area contributed by atoms with Gasteiger partial charge in [0.1, 0.15) is 5.84 Å². The molecule has 0 radical (unpaired) electrons. The van der Waals surface area contributed by atoms with Crippen LogP contribution in [0.2, 0.25) is 5.02 Å². The minimum absolute atomic E-state index is 0.0487. The van der Waals surface area contributed by atoms with Gasteiger partial charge >= 0.3 is 0 Å². The molecule has 1 saturated heterocycles. The van der Waals surface area contributed by atoms with E-state index in [0.29, 0.717) is 10.7 Å². The average Bonchev–Trinajstić information content (AvgIpc) is 3.02. The zero-order valence-corrected chi connectivity index (χ0v) is 16.7. The lowest BCUT2D eigenvalue weighted by atomic mass is 10.1. The first-order valence-electron chi connectivity index (χ1n) is 9.07. The Morgan fingerprint density at radius 2 is 2.00 bits per heavy atom. The van der Waals surface area contributed by atoms with Crippen molar-refractivity contribution in [1.29, 1.82) is 5.41 Å². The van der Waals surface area contributed by atoms with Gasteiger partial charge in [-0.2, -0.15) is 0 Å². The van der Waals surface area contributed by atoms with Gasteiger partial charge in [0.2, 0.25) is 11.8 Å². The Bertz CT molecular complexity index is 971. The van der Waals surface area contributed by atoms with Crippen LogP contribution < -0.4 is 16.5 Å². The molecule has 1 aliphatic rings. The fraction of sp³-hybridized carbons (Fsp3) is 0.190. The number of rotatable bonds is 5. The summed E-state index contributed by atoms with van der Waals surface area (Å²) in [5.41, 5.74) is 3.36. The van der Waals surface area contributed by atoms with Crippen molar-refractivity contribution in [2.24, 2.45) is 11.8 Å². The first kappa shape index (κ1) is 20.6. The first-order valence-corrected chi connectivity index (χ1v) is 9.45. The van der Waals surface area contributed by atoms with Gasteiger partial charge in [-0.25, -0.2) is 5.84 Å². The molecule has 0 spiro atoms. The minimum atomic E-state index is -0.562. The number of nitrogens with two attached hydrogens (primary N) is 1. The molecule has 1 aliphatic heterocycles. The number of hydrazine groups is 1. The van der Waals surface area contributed by atoms with E-state index in [4.69, 9.17) is 22.9 Å². The predicted octanol–water partition coefficient (Wildman–Crippen LogP) is 2.92. The molecule has 0 aromatic heterocycles. The van der Waals surface area contributed by atoms with Crippen molar-refractivity contribution in [3.8, 4) is 0 Å². The minimum Gasteiger partial charge on any atom is -0.355 e. The number of anilines is 1. The van der Waals surface area contributed by atoms with E-state index in [9.17, 15) is 9.59 Å². The molecule has 8 heteroatoms. The van der Waals surface area contributed by atoms with Crippen LogP contribution in [0.3, 0.4) is 0 Å². The van der Waals surface area contributed by atoms with Crippen molar-refractivity contribution < 1.29 is 9.59 Å². The van der Waals surface area contributed by atoms with Crippen molar-refractivity contribution in [2.45, 2.75) is 13.3 Å². The summed E-state index contributed by atoms with van der Waals surface area (Å²) in [6, 6.07) is 15.0. The quantitative estimate of drug-likeness (QED) is 0.262. The Kier molecular flexibility index (Phi) is 6.31. The van der Waals surface area contributed by atoms with Crippen LogP contribution in [0.25, 0.3) is 5.70 Å². The molecule has 0 saturated carbocycles. The summed E-state index contributed by atoms with van der Waals surface area (Å²) in [6.07, 6.45) is 1.59. The largest absolute Gasteiger partial charge is 0.355 e. The van der Waals surface area contributed by atoms with E-state index in [0.717, 1.165) is 21.8 Å². The molecule has 0 unspecified atom stereocenters. The summed E-state index contributed by atoms with van der Waals surface area (Å²) >= 11 is 5.95. The summed E-state index contributed by atoms with van der Waals surface area (Å²) in [7, 11) is 0. The number of carbonyl (C=O) groups is 2. The number of halogens is 1. The second-order valence-electron chi connectivity index (χ2n) is 6.91. The van der Waals surface area contributed by atoms with E-state index >= 15 is 0 Å². The van der Waals surface area contributed by atoms with E-state index in [1.165, 1.54) is 6.08 Å². The summed E-state index contributed by atoms with van der Waals surface area (Å²) in [4.78, 5) is 23.9. The van der Waals surface area contributed by atoms with Crippen LogP contribution in [-0.4, -0.2) is 29.2 Å². The highest BCUT2D eigenvalue weighted by Crippen LogP contribution is 2.21. The molecule has 3 rings (SSSR count). The number of amidine groups is 1. The second kappa shape index (κ2) is 8.89. The summed E-state index contributed by atoms with van der Waals surface area (Å²) in [5.74, 6) is 4.19. The maximum atomic E-state index is 12.4. The summed E-state index contributed by atoms with van der Waals surface area (Å²) in [5, 5.41) is 15.7. The fourth-order valence-corrected chi connectivity index (χ4v) is 3.14. The van der Waals surface area contributed by atoms with Gasteiger partial charge in [-0.1, -0.05) is 35.4 Å². The smallest absolute Gasteiger partial charge is 0.237 e. The van der Waals surface area contributed by atoms with E-state index in [2.05, 4.69) is 10.6 Å². The Hall–Kier alpha value is -3.16. The molecule has 2 aromatic carbocycles. The Labute approximate surface area is 174 Å². The van der Waals surface area contributed by atoms with E-state index in [-0.39, 0.29) is 24.7 Å². The lowest BCUT2D eigenvalue weighted by Gasteiger charge is -2.14. The molecule has 1 fully saturated rings. The molecule has 1 heterocycles. The number of nitrogens with zero attached hydrogens (tertiary/aromatic N) is 1. The van der Waals surface area contributed by atoms with Crippen molar-refractivity contribution in [2.75, 3.05) is 11.9 Å². The molecule has 2 amide bonds. The average molecular weight is 412 g/mol. The Balaban J connectivity index is 1.79. The predicted molar refractivity (Wildman–Crippen MR) is 114 cm³/mol. The third kappa shape index (κ3) is 5.43. The Morgan fingerprint density at radius 3 is 2.62 bits per heavy atom. The lowest BCUT2D eigenvalue weighted by molar-refractivity contribution is -0.128. The topological polar surface area (TPSA) is 111 Å². The van der Waals surface area contributed by atoms with Gasteiger partial charge in [0, 0.05) is 35.4 Å². The number of hydrogen-bond acceptors (Lipinski definition) is 5. The van der Waals surface area contributed by atoms with Gasteiger partial charge in [0.25, 0.3) is 0 Å². The zero-order chi connectivity index (χ0) is 21.0. The van der Waals surface area contributed by atoms with Gasteiger partial charge in [0.15, 0.2) is 0 Å². The maximum absolute atomic E-state index is 12.4. The number of nitrogens with one attached hydrogen (secondary N) is 3. The molecule has 150 valence electrons. The molecule has 0 bridgehead atoms. The third-order valence-electron chi connectivity index (χ3n) is 4.53. The van der Waals surface area contributed by atoms with Gasteiger partial charge < -0.3 is 10.6 Å². The number of carbonyl (C=O) groups excluding carboxylic acids is 2. The van der Waals surface area contributed by atoms with Crippen LogP contribution in [-0.2, 0) is 9.59 Å². The van der Waals surface area contributed by atoms with Crippen LogP contribution in [0.5, 0.6) is 0 Å². The van der Waals surface area contributed by atoms with Crippen LogP contribution in [0.4, 0.5) is 5.69 Å². The molecular weight excluding hydrogens is 390 g/mol. The van der Waals surface area contributed by atoms with Gasteiger partial charge in [-0.3, -0.25) is 20.0 Å². The monoisotopic (exact) mass is 411 g/mol. The van der Waals surface area contributed by atoms with E-state index in [1.54, 1.807) is 12.1 Å². The Morgan fingerprint density at radius 1 is 1.28 bits per heavy atom. The number of amides is 2. The van der Waals surface area contributed by atoms with Gasteiger partial charge in [0.05, 0.1) is 5.92 Å². The molecule has 5 N–H and O–H groups in total. The van der Waals surface area contributed by atoms with Gasteiger partial charge in [-0.15, -0.1) is 0 Å². The van der Waals surface area contributed by atoms with Crippen molar-refractivity contribution in [3.05, 3.63) is 70.8 Å². The summed E-state index contributed by atoms with van der Waals surface area (Å²) in [6.45, 7) is 2.13. The SMILES string of the molecule is Cc1cccc(/C(=C/C(=N)NC(=O)[C@@H]2CC(=O)N(N)C2)Nc2ccc(Cl)cc2)c1. The maximum Gasteiger partial charge on any atom is 0.237 e. The highest BCUT2D eigenvalue weighted by atomic mass is 35.5. The third-order valence-corrected chi connectivity index (χ3v) is 4.78. The number of benzene rings is 2. The second-order valence-corrected chi connectivity index (χ2v) is 7.35. The van der Waals surface area contributed by atoms with Crippen LogP contribution >= 0.6 is 11.6 Å². The number of aryl methyl sites for hydroxylation is 1. The van der Waals surface area contributed by atoms with E-state index < -0.39 is 11.8 Å². The van der Waals surface area contributed by atoms with Crippen LogP contribution in [0, 0.1) is 18.3 Å². The van der Waals surface area contributed by atoms with Crippen molar-refractivity contribution in [3.63, 3.8) is 0 Å². The molecular formula is C21H22ClN5O2. The normalized spacial score (nSPS) is 16.7. The van der Waals surface area contributed by atoms with Crippen molar-refractivity contribution >= 4 is 40.6 Å². The highest BCUT2D eigenvalue weighted by Gasteiger charge is 2.33. The molecule has 1 atom stereocenters. The van der Waals surface area contributed by atoms with Gasteiger partial charge in [-0.05, 0) is 42.8 Å². The van der Waals surface area contributed by atoms with E-state index in [1.807, 2.05) is 43.3 Å². The lowest BCUT2D eigenvalue weighted by Crippen LogP contribution is -2.37. The first-order chi connectivity index (χ1) is 13.8. The highest BCUT2D eigenvalue weighted by molar-refractivity contribution is 6.30. The molecule has 7 nitrogen and oxygen atoms in total. The molecule has 29 heavy (non-hydrogen) atoms. The van der Waals surface area contributed by atoms with Crippen molar-refractivity contribution in [1.82, 2.24) is 10.3 Å². The zero-order valence-electron chi connectivity index (χ0n) is 15.9. The molecule has 0 aliphatic carbocycles. The van der Waals surface area contributed by atoms with Crippen LogP contribution in [0.15, 0.2) is 54.6 Å². The molecule has 2 aromatic rings. The fourth-order valence-electron chi connectivity index (χ4n) is 3.02. The number of hydrogen-bond donors (Lipinski definition) is 4.